The van der Waals surface area contributed by atoms with Crippen LogP contribution in [0.3, 0.4) is 0 Å². The highest BCUT2D eigenvalue weighted by molar-refractivity contribution is 5.27. The van der Waals surface area contributed by atoms with Crippen molar-refractivity contribution in [3.05, 3.63) is 29.8 Å². The maximum absolute atomic E-state index is 8.74. The zero-order valence-corrected chi connectivity index (χ0v) is 8.99. The van der Waals surface area contributed by atoms with Gasteiger partial charge in [-0.15, -0.1) is 11.8 Å². The first kappa shape index (κ1) is 11.6. The summed E-state index contributed by atoms with van der Waals surface area (Å²) in [4.78, 5) is 0. The van der Waals surface area contributed by atoms with Gasteiger partial charge in [0.25, 0.3) is 0 Å². The average Bonchev–Trinajstić information content (AvgIpc) is 2.27. The Morgan fingerprint density at radius 2 is 2.00 bits per heavy atom. The Hall–Kier alpha value is -1.46. The van der Waals surface area contributed by atoms with Crippen LogP contribution in [0.1, 0.15) is 18.9 Å². The third-order valence-electron chi connectivity index (χ3n) is 2.00. The van der Waals surface area contributed by atoms with E-state index in [0.717, 1.165) is 17.7 Å². The lowest BCUT2D eigenvalue weighted by molar-refractivity contribution is 0.299. The van der Waals surface area contributed by atoms with Gasteiger partial charge in [-0.3, -0.25) is 0 Å². The largest absolute Gasteiger partial charge is 0.493 e. The van der Waals surface area contributed by atoms with E-state index in [0.29, 0.717) is 13.0 Å². The number of aliphatic hydroxyl groups is 1. The quantitative estimate of drug-likeness (QED) is 0.587. The molecule has 0 amide bonds. The van der Waals surface area contributed by atoms with Gasteiger partial charge in [-0.1, -0.05) is 12.1 Å². The highest BCUT2D eigenvalue weighted by Crippen LogP contribution is 2.12. The van der Waals surface area contributed by atoms with Crippen LogP contribution in [-0.2, 0) is 6.42 Å². The molecule has 1 aromatic carbocycles. The Balaban J connectivity index is 2.38. The van der Waals surface area contributed by atoms with Crippen LogP contribution in [-0.4, -0.2) is 18.3 Å². The SMILES string of the molecule is CC#CCCOc1ccc(CCO)cc1. The summed E-state index contributed by atoms with van der Waals surface area (Å²) >= 11 is 0. The number of benzene rings is 1. The normalized spacial score (nSPS) is 9.20. The third-order valence-corrected chi connectivity index (χ3v) is 2.00. The molecule has 0 heterocycles. The van der Waals surface area contributed by atoms with Gasteiger partial charge in [-0.05, 0) is 31.0 Å². The molecule has 0 bridgehead atoms. The predicted octanol–water partition coefficient (Wildman–Crippen LogP) is 2.01. The summed E-state index contributed by atoms with van der Waals surface area (Å²) in [6.45, 7) is 2.64. The van der Waals surface area contributed by atoms with Gasteiger partial charge >= 0.3 is 0 Å². The summed E-state index contributed by atoms with van der Waals surface area (Å²) in [7, 11) is 0. The molecule has 0 spiro atoms. The molecule has 2 nitrogen and oxygen atoms in total. The molecular weight excluding hydrogens is 188 g/mol. The lowest BCUT2D eigenvalue weighted by Crippen LogP contribution is -1.96. The van der Waals surface area contributed by atoms with E-state index in [9.17, 15) is 0 Å². The first-order valence-corrected chi connectivity index (χ1v) is 5.09. The summed E-state index contributed by atoms with van der Waals surface area (Å²) in [5, 5.41) is 8.74. The fourth-order valence-corrected chi connectivity index (χ4v) is 1.23. The number of hydrogen-bond donors (Lipinski definition) is 1. The molecule has 0 aliphatic carbocycles. The second-order valence-corrected chi connectivity index (χ2v) is 3.14. The maximum Gasteiger partial charge on any atom is 0.119 e. The maximum atomic E-state index is 8.74. The molecule has 15 heavy (non-hydrogen) atoms. The Morgan fingerprint density at radius 3 is 2.60 bits per heavy atom. The van der Waals surface area contributed by atoms with E-state index in [1.807, 2.05) is 31.2 Å². The van der Waals surface area contributed by atoms with Gasteiger partial charge in [0.15, 0.2) is 0 Å². The molecule has 1 rings (SSSR count). The zero-order valence-electron chi connectivity index (χ0n) is 8.99. The van der Waals surface area contributed by atoms with E-state index in [1.165, 1.54) is 0 Å². The van der Waals surface area contributed by atoms with Gasteiger partial charge in [0.2, 0.25) is 0 Å². The van der Waals surface area contributed by atoms with Crippen LogP contribution in [0.15, 0.2) is 24.3 Å². The molecule has 2 heteroatoms. The van der Waals surface area contributed by atoms with Crippen molar-refractivity contribution in [1.29, 1.82) is 0 Å². The van der Waals surface area contributed by atoms with Crippen LogP contribution >= 0.6 is 0 Å². The number of aliphatic hydroxyl groups excluding tert-OH is 1. The molecule has 0 unspecified atom stereocenters. The van der Waals surface area contributed by atoms with Crippen molar-refractivity contribution in [2.24, 2.45) is 0 Å². The van der Waals surface area contributed by atoms with Gasteiger partial charge in [0, 0.05) is 13.0 Å². The Kier molecular flexibility index (Phi) is 5.35. The van der Waals surface area contributed by atoms with Crippen LogP contribution in [0.2, 0.25) is 0 Å². The van der Waals surface area contributed by atoms with Gasteiger partial charge in [-0.25, -0.2) is 0 Å². The molecule has 80 valence electrons. The van der Waals surface area contributed by atoms with E-state index in [4.69, 9.17) is 9.84 Å². The molecule has 0 saturated carbocycles. The van der Waals surface area contributed by atoms with Gasteiger partial charge < -0.3 is 9.84 Å². The summed E-state index contributed by atoms with van der Waals surface area (Å²) in [5.74, 6) is 6.62. The van der Waals surface area contributed by atoms with Crippen molar-refractivity contribution in [2.45, 2.75) is 19.8 Å². The molecule has 0 fully saturated rings. The van der Waals surface area contributed by atoms with E-state index < -0.39 is 0 Å². The fourth-order valence-electron chi connectivity index (χ4n) is 1.23. The van der Waals surface area contributed by atoms with Crippen LogP contribution in [0, 0.1) is 11.8 Å². The summed E-state index contributed by atoms with van der Waals surface area (Å²) in [6.07, 6.45) is 1.45. The van der Waals surface area contributed by atoms with Crippen LogP contribution in [0.4, 0.5) is 0 Å². The molecule has 1 aromatic rings. The van der Waals surface area contributed by atoms with E-state index in [1.54, 1.807) is 0 Å². The minimum atomic E-state index is 0.187. The fraction of sp³-hybridized carbons (Fsp3) is 0.385. The molecule has 0 aliphatic rings. The lowest BCUT2D eigenvalue weighted by Gasteiger charge is -2.04. The van der Waals surface area contributed by atoms with Crippen molar-refractivity contribution < 1.29 is 9.84 Å². The van der Waals surface area contributed by atoms with Gasteiger partial charge in [0.1, 0.15) is 5.75 Å². The van der Waals surface area contributed by atoms with Crippen LogP contribution < -0.4 is 4.74 Å². The molecule has 0 aromatic heterocycles. The monoisotopic (exact) mass is 204 g/mol. The molecule has 1 N–H and O–H groups in total. The number of hydrogen-bond acceptors (Lipinski definition) is 2. The van der Waals surface area contributed by atoms with Crippen LogP contribution in [0.5, 0.6) is 5.75 Å². The Morgan fingerprint density at radius 1 is 1.27 bits per heavy atom. The van der Waals surface area contributed by atoms with Crippen molar-refractivity contribution in [1.82, 2.24) is 0 Å². The predicted molar refractivity (Wildman–Crippen MR) is 60.8 cm³/mol. The van der Waals surface area contributed by atoms with Gasteiger partial charge in [-0.2, -0.15) is 0 Å². The molecule has 0 aliphatic heterocycles. The second kappa shape index (κ2) is 6.92. The van der Waals surface area contributed by atoms with Crippen LogP contribution in [0.25, 0.3) is 0 Å². The summed E-state index contributed by atoms with van der Waals surface area (Å²) in [6, 6.07) is 7.78. The smallest absolute Gasteiger partial charge is 0.119 e. The van der Waals surface area contributed by atoms with Crippen molar-refractivity contribution in [3.63, 3.8) is 0 Å². The van der Waals surface area contributed by atoms with Gasteiger partial charge in [0.05, 0.1) is 6.61 Å². The molecule has 0 saturated heterocycles. The first-order valence-electron chi connectivity index (χ1n) is 5.09. The molecule has 0 atom stereocenters. The summed E-state index contributed by atoms with van der Waals surface area (Å²) in [5.41, 5.74) is 1.12. The van der Waals surface area contributed by atoms with E-state index >= 15 is 0 Å². The standard InChI is InChI=1S/C13H16O2/c1-2-3-4-11-15-13-7-5-12(6-8-13)9-10-14/h5-8,14H,4,9-11H2,1H3. The van der Waals surface area contributed by atoms with E-state index in [-0.39, 0.29) is 6.61 Å². The first-order chi connectivity index (χ1) is 7.36. The van der Waals surface area contributed by atoms with E-state index in [2.05, 4.69) is 11.8 Å². The highest BCUT2D eigenvalue weighted by atomic mass is 16.5. The summed E-state index contributed by atoms with van der Waals surface area (Å²) < 4.78 is 5.48. The minimum absolute atomic E-state index is 0.187. The Labute approximate surface area is 90.9 Å². The van der Waals surface area contributed by atoms with Crippen molar-refractivity contribution in [2.75, 3.05) is 13.2 Å². The van der Waals surface area contributed by atoms with Crippen molar-refractivity contribution >= 4 is 0 Å². The number of ether oxygens (including phenoxy) is 1. The lowest BCUT2D eigenvalue weighted by atomic mass is 10.1. The topological polar surface area (TPSA) is 29.5 Å². The second-order valence-electron chi connectivity index (χ2n) is 3.14. The molecule has 0 radical (unpaired) electrons. The third kappa shape index (κ3) is 4.53. The zero-order chi connectivity index (χ0) is 10.9. The highest BCUT2D eigenvalue weighted by Gasteiger charge is 1.94. The Bertz CT molecular complexity index is 330. The minimum Gasteiger partial charge on any atom is -0.493 e. The average molecular weight is 204 g/mol. The molecular formula is C13H16O2. The van der Waals surface area contributed by atoms with Crippen molar-refractivity contribution in [3.8, 4) is 17.6 Å². The number of rotatable bonds is 5.